The first-order chi connectivity index (χ1) is 5.25. The fraction of sp³-hybridized carbons (Fsp3) is 0. The molecule has 4 heteroatoms. The quantitative estimate of drug-likeness (QED) is 0.728. The monoisotopic (exact) mass is 336 g/mol. The Labute approximate surface area is 91.7 Å². The molecular weight excluding hydrogens is 335 g/mol. The summed E-state index contributed by atoms with van der Waals surface area (Å²) in [6.07, 6.45) is 1.98. The number of hydrogen-bond donors (Lipinski definition) is 0. The van der Waals surface area contributed by atoms with Crippen LogP contribution in [0, 0.1) is 0 Å². The van der Waals surface area contributed by atoms with Crippen LogP contribution in [0.2, 0.25) is 0 Å². The molecule has 0 radical (unpaired) electrons. The molecule has 56 valence electrons. The zero-order valence-corrected chi connectivity index (χ0v) is 10.3. The maximum absolute atomic E-state index is 3.46. The molecule has 1 rings (SSSR count). The molecule has 0 aliphatic rings. The van der Waals surface area contributed by atoms with Crippen LogP contribution in [0.4, 0.5) is 0 Å². The average molecular weight is 339 g/mol. The van der Waals surface area contributed by atoms with Crippen LogP contribution in [-0.2, 0) is 0 Å². The van der Waals surface area contributed by atoms with E-state index in [1.165, 1.54) is 0 Å². The molecule has 0 aliphatic carbocycles. The molecule has 0 bridgehead atoms. The van der Waals surface area contributed by atoms with Crippen molar-refractivity contribution in [2.45, 2.75) is 0 Å². The minimum absolute atomic E-state index is 1.07. The van der Waals surface area contributed by atoms with E-state index in [2.05, 4.69) is 47.8 Å². The number of rotatable bonds is 1. The third-order valence-corrected chi connectivity index (χ3v) is 3.57. The molecule has 11 heavy (non-hydrogen) atoms. The van der Waals surface area contributed by atoms with Gasteiger partial charge in [-0.1, -0.05) is 0 Å². The molecule has 0 fully saturated rings. The zero-order valence-electron chi connectivity index (χ0n) is 5.52. The summed E-state index contributed by atoms with van der Waals surface area (Å²) in [5.41, 5.74) is 1.15. The molecular formula is C7H4BBr3. The maximum atomic E-state index is 3.46. The fourth-order valence-corrected chi connectivity index (χ4v) is 1.78. The summed E-state index contributed by atoms with van der Waals surface area (Å²) in [7, 11) is 0. The van der Waals surface area contributed by atoms with Gasteiger partial charge in [0.2, 0.25) is 0 Å². The summed E-state index contributed by atoms with van der Waals surface area (Å²) < 4.78 is 2.15. The first-order valence-electron chi connectivity index (χ1n) is 2.96. The predicted octanol–water partition coefficient (Wildman–Crippen LogP) is 3.92. The van der Waals surface area contributed by atoms with E-state index in [4.69, 9.17) is 0 Å². The van der Waals surface area contributed by atoms with Crippen molar-refractivity contribution in [3.8, 4) is 0 Å². The van der Waals surface area contributed by atoms with Crippen molar-refractivity contribution in [1.82, 2.24) is 0 Å². The second-order valence-corrected chi connectivity index (χ2v) is 4.11. The molecule has 0 atom stereocenters. The van der Waals surface area contributed by atoms with Gasteiger partial charge in [0.05, 0.1) is 0 Å². The molecule has 0 unspecified atom stereocenters. The molecule has 0 aromatic carbocycles. The van der Waals surface area contributed by atoms with E-state index in [0.29, 0.717) is 0 Å². The van der Waals surface area contributed by atoms with Gasteiger partial charge in [-0.05, 0) is 0 Å². The molecule has 0 spiro atoms. The van der Waals surface area contributed by atoms with E-state index in [1.54, 1.807) is 0 Å². The van der Waals surface area contributed by atoms with E-state index in [-0.39, 0.29) is 0 Å². The molecule has 0 saturated carbocycles. The Balaban J connectivity index is 3.16. The SMILES string of the molecule is BrC=Cc1bccc(Br)c1Br. The van der Waals surface area contributed by atoms with Crippen LogP contribution < -0.4 is 0 Å². The molecule has 0 N–H and O–H groups in total. The molecule has 1 aromatic heterocycles. The molecule has 0 nitrogen and oxygen atoms in total. The van der Waals surface area contributed by atoms with Crippen LogP contribution in [0.5, 0.6) is 0 Å². The van der Waals surface area contributed by atoms with Crippen LogP contribution in [0.3, 0.4) is 0 Å². The van der Waals surface area contributed by atoms with Crippen molar-refractivity contribution in [3.05, 3.63) is 31.4 Å². The fourth-order valence-electron chi connectivity index (χ4n) is 0.717. The van der Waals surface area contributed by atoms with Crippen molar-refractivity contribution < 1.29 is 0 Å². The van der Waals surface area contributed by atoms with E-state index >= 15 is 0 Å². The summed E-state index contributed by atoms with van der Waals surface area (Å²) in [6, 6.07) is 2.00. The van der Waals surface area contributed by atoms with Gasteiger partial charge in [0.15, 0.2) is 0 Å². The normalized spacial score (nSPS) is 10.5. The summed E-state index contributed by atoms with van der Waals surface area (Å²) >= 11 is 10.1. The van der Waals surface area contributed by atoms with Gasteiger partial charge in [-0.3, -0.25) is 0 Å². The summed E-state index contributed by atoms with van der Waals surface area (Å²) in [6.45, 7) is 2.03. The Hall–Kier alpha value is 0.595. The van der Waals surface area contributed by atoms with Crippen molar-refractivity contribution in [2.24, 2.45) is 0 Å². The van der Waals surface area contributed by atoms with Crippen LogP contribution in [0.25, 0.3) is 6.08 Å². The second kappa shape index (κ2) is 4.58. The third-order valence-electron chi connectivity index (χ3n) is 1.22. The van der Waals surface area contributed by atoms with Gasteiger partial charge in [0.25, 0.3) is 0 Å². The van der Waals surface area contributed by atoms with Gasteiger partial charge in [-0.25, -0.2) is 0 Å². The van der Waals surface area contributed by atoms with Crippen LogP contribution >= 0.6 is 47.8 Å². The van der Waals surface area contributed by atoms with E-state index in [1.807, 2.05) is 30.0 Å². The number of halogens is 3. The third kappa shape index (κ3) is 2.53. The van der Waals surface area contributed by atoms with Gasteiger partial charge in [-0.2, -0.15) is 0 Å². The Morgan fingerprint density at radius 1 is 1.36 bits per heavy atom. The van der Waals surface area contributed by atoms with Gasteiger partial charge < -0.3 is 0 Å². The molecule has 1 aromatic rings. The van der Waals surface area contributed by atoms with E-state index in [9.17, 15) is 0 Å². The molecule has 0 aliphatic heterocycles. The van der Waals surface area contributed by atoms with Gasteiger partial charge in [-0.15, -0.1) is 0 Å². The topological polar surface area (TPSA) is 0 Å². The van der Waals surface area contributed by atoms with Gasteiger partial charge >= 0.3 is 92.2 Å². The van der Waals surface area contributed by atoms with E-state index in [0.717, 1.165) is 14.4 Å². The molecule has 0 amide bonds. The first kappa shape index (κ1) is 9.68. The minimum atomic E-state index is 1.07. The standard InChI is InChI=1S/C7H4BBr3/c9-4-2-5-7(11)6(10)1-3-8-5/h1-4H. The number of hydrogen-bond acceptors (Lipinski definition) is 0. The first-order valence-corrected chi connectivity index (χ1v) is 5.46. The Kier molecular flexibility index (Phi) is 4.03. The summed E-state index contributed by atoms with van der Waals surface area (Å²) in [4.78, 5) is 1.83. The van der Waals surface area contributed by atoms with Gasteiger partial charge in [0.1, 0.15) is 0 Å². The Morgan fingerprint density at radius 3 is 2.73 bits per heavy atom. The van der Waals surface area contributed by atoms with Crippen molar-refractivity contribution in [3.63, 3.8) is 0 Å². The van der Waals surface area contributed by atoms with Crippen molar-refractivity contribution >= 4 is 60.8 Å². The zero-order chi connectivity index (χ0) is 8.27. The Morgan fingerprint density at radius 2 is 2.09 bits per heavy atom. The summed E-state index contributed by atoms with van der Waals surface area (Å²) in [5, 5.41) is 0. The Bertz CT molecular complexity index is 283. The molecule has 0 saturated heterocycles. The predicted molar refractivity (Wildman–Crippen MR) is 61.2 cm³/mol. The van der Waals surface area contributed by atoms with Crippen LogP contribution in [-0.4, -0.2) is 6.91 Å². The second-order valence-electron chi connectivity index (χ2n) is 1.94. The van der Waals surface area contributed by atoms with E-state index < -0.39 is 0 Å². The van der Waals surface area contributed by atoms with Crippen LogP contribution in [0.15, 0.2) is 26.0 Å². The van der Waals surface area contributed by atoms with Gasteiger partial charge in [0, 0.05) is 0 Å². The summed E-state index contributed by atoms with van der Waals surface area (Å²) in [5.74, 6) is 2.00. The van der Waals surface area contributed by atoms with Crippen LogP contribution in [0.1, 0.15) is 5.46 Å². The molecule has 1 heterocycles. The van der Waals surface area contributed by atoms with Crippen molar-refractivity contribution in [1.29, 1.82) is 0 Å². The average Bonchev–Trinajstić information content (AvgIpc) is 1.99. The van der Waals surface area contributed by atoms with Crippen molar-refractivity contribution in [2.75, 3.05) is 0 Å².